The van der Waals surface area contributed by atoms with Gasteiger partial charge in [0.1, 0.15) is 18.2 Å². The maximum atomic E-state index is 13.8. The molecule has 0 radical (unpaired) electrons. The number of aliphatic imine (C=N–C) groups is 1. The first-order valence-corrected chi connectivity index (χ1v) is 15.1. The summed E-state index contributed by atoms with van der Waals surface area (Å²) in [6.07, 6.45) is -3.40. The van der Waals surface area contributed by atoms with E-state index in [1.54, 1.807) is 22.9 Å². The molecule has 0 unspecified atom stereocenters. The second-order valence-electron chi connectivity index (χ2n) is 11.0. The topological polar surface area (TPSA) is 51.5 Å². The molecule has 0 spiro atoms. The van der Waals surface area contributed by atoms with Gasteiger partial charge in [-0.25, -0.2) is 14.4 Å². The number of alkyl halides is 3. The van der Waals surface area contributed by atoms with E-state index >= 15 is 0 Å². The van der Waals surface area contributed by atoms with Crippen molar-refractivity contribution in [2.75, 3.05) is 32.7 Å². The molecule has 0 saturated carbocycles. The molecule has 1 aliphatic heterocycles. The molecule has 0 aromatic heterocycles. The van der Waals surface area contributed by atoms with Crippen LogP contribution in [0.2, 0.25) is 0 Å². The van der Waals surface area contributed by atoms with Crippen molar-refractivity contribution in [2.24, 2.45) is 10.1 Å². The molecule has 0 bridgehead atoms. The Morgan fingerprint density at radius 3 is 2.13 bits per heavy atom. The van der Waals surface area contributed by atoms with E-state index in [1.165, 1.54) is 24.3 Å². The number of carbonyl (C=O) groups is 1. The van der Waals surface area contributed by atoms with Gasteiger partial charge in [-0.15, -0.1) is 0 Å². The second kappa shape index (κ2) is 15.1. The van der Waals surface area contributed by atoms with Crippen LogP contribution in [-0.4, -0.2) is 65.0 Å². The first-order valence-electron chi connectivity index (χ1n) is 15.1. The number of amidine groups is 1. The number of amides is 1. The number of nitrogens with zero attached hydrogens (tertiary/aromatic N) is 5. The van der Waals surface area contributed by atoms with Crippen molar-refractivity contribution in [3.8, 4) is 11.1 Å². The van der Waals surface area contributed by atoms with Crippen LogP contribution in [0, 0.1) is 5.82 Å². The summed E-state index contributed by atoms with van der Waals surface area (Å²) in [5.74, 6) is 0.156. The van der Waals surface area contributed by atoms with Crippen LogP contribution in [0.4, 0.5) is 17.6 Å². The molecule has 0 saturated heterocycles. The third kappa shape index (κ3) is 9.34. The zero-order chi connectivity index (χ0) is 32.6. The monoisotopic (exact) mass is 621 g/mol. The molecule has 0 fully saturated rings. The van der Waals surface area contributed by atoms with Crippen molar-refractivity contribution in [1.29, 1.82) is 0 Å². The third-order valence-corrected chi connectivity index (χ3v) is 7.87. The van der Waals surface area contributed by atoms with Crippen LogP contribution in [0.3, 0.4) is 0 Å². The minimum Gasteiger partial charge on any atom is -0.335 e. The van der Waals surface area contributed by atoms with Gasteiger partial charge in [0, 0.05) is 26.1 Å². The van der Waals surface area contributed by atoms with Crippen LogP contribution in [-0.2, 0) is 23.9 Å². The smallest absolute Gasteiger partial charge is 0.335 e. The van der Waals surface area contributed by atoms with Gasteiger partial charge in [0.15, 0.2) is 0 Å². The Labute approximate surface area is 262 Å². The predicted octanol–water partition coefficient (Wildman–Crippen LogP) is 7.42. The molecule has 10 heteroatoms. The van der Waals surface area contributed by atoms with E-state index in [9.17, 15) is 22.4 Å². The summed E-state index contributed by atoms with van der Waals surface area (Å²) in [5, 5.41) is 6.23. The molecular weight excluding hydrogens is 582 g/mol. The normalized spacial score (nSPS) is 13.6. The van der Waals surface area contributed by atoms with Crippen LogP contribution in [0.25, 0.3) is 11.1 Å². The number of rotatable bonds is 13. The first kappa shape index (κ1) is 33.6. The Kier molecular flexibility index (Phi) is 11.3. The van der Waals surface area contributed by atoms with E-state index in [2.05, 4.69) is 35.4 Å². The zero-order valence-corrected chi connectivity index (χ0v) is 25.9. The number of hydrogen-bond acceptors (Lipinski definition) is 5. The maximum absolute atomic E-state index is 13.8. The molecule has 6 nitrogen and oxygen atoms in total. The van der Waals surface area contributed by atoms with Gasteiger partial charge in [0.2, 0.25) is 5.91 Å². The lowest BCUT2D eigenvalue weighted by Gasteiger charge is -2.30. The number of aryl methyl sites for hydroxylation is 1. The van der Waals surface area contributed by atoms with Crippen LogP contribution < -0.4 is 0 Å². The zero-order valence-electron chi connectivity index (χ0n) is 25.9. The summed E-state index contributed by atoms with van der Waals surface area (Å²) in [6, 6.07) is 19.0. The number of benzene rings is 3. The summed E-state index contributed by atoms with van der Waals surface area (Å²) in [5.41, 5.74) is 3.63. The summed E-state index contributed by atoms with van der Waals surface area (Å²) in [4.78, 5) is 22.5. The highest BCUT2D eigenvalue weighted by Crippen LogP contribution is 2.31. The predicted molar refractivity (Wildman–Crippen MR) is 171 cm³/mol. The fourth-order valence-electron chi connectivity index (χ4n) is 5.05. The van der Waals surface area contributed by atoms with Crippen LogP contribution in [0.5, 0.6) is 0 Å². The Morgan fingerprint density at radius 2 is 1.53 bits per heavy atom. The molecule has 0 aliphatic carbocycles. The molecule has 3 aromatic rings. The lowest BCUT2D eigenvalue weighted by molar-refractivity contribution is -0.137. The van der Waals surface area contributed by atoms with Crippen LogP contribution in [0.15, 0.2) is 95.2 Å². The average Bonchev–Trinajstić information content (AvgIpc) is 3.02. The van der Waals surface area contributed by atoms with E-state index in [-0.39, 0.29) is 18.3 Å². The number of likely N-dealkylation sites (N-methyl/N-ethyl adjacent to an activating group) is 1. The van der Waals surface area contributed by atoms with Gasteiger partial charge < -0.3 is 9.80 Å². The summed E-state index contributed by atoms with van der Waals surface area (Å²) < 4.78 is 52.7. The van der Waals surface area contributed by atoms with E-state index in [0.29, 0.717) is 55.3 Å². The highest BCUT2D eigenvalue weighted by atomic mass is 19.4. The van der Waals surface area contributed by atoms with Crippen molar-refractivity contribution in [3.05, 3.63) is 108 Å². The van der Waals surface area contributed by atoms with Crippen LogP contribution >= 0.6 is 0 Å². The standard InChI is InChI=1S/C35H39F4N5O/c1-5-42(6-2)20-21-43(23-28-10-13-29(14-11-28)30-15-17-31(18-16-30)35(37,38)39)34(45)24-44-33(40-25(3)26(4)41-44)19-12-27-8-7-9-32(36)22-27/h7-11,13-18,22H,3,5-6,12,19-21,23-24H2,1-2,4H3. The van der Waals surface area contributed by atoms with Gasteiger partial charge in [-0.05, 0) is 73.0 Å². The number of hydrogen-bond donors (Lipinski definition) is 0. The minimum atomic E-state index is -4.39. The largest absolute Gasteiger partial charge is 0.416 e. The Morgan fingerprint density at radius 1 is 0.889 bits per heavy atom. The average molecular weight is 622 g/mol. The number of carbonyl (C=O) groups excluding carboxylic acids is 1. The highest BCUT2D eigenvalue weighted by Gasteiger charge is 2.30. The molecule has 0 atom stereocenters. The molecule has 45 heavy (non-hydrogen) atoms. The fourth-order valence-corrected chi connectivity index (χ4v) is 5.05. The minimum absolute atomic E-state index is 0.0194. The van der Waals surface area contributed by atoms with Crippen molar-refractivity contribution in [3.63, 3.8) is 0 Å². The van der Waals surface area contributed by atoms with Crippen molar-refractivity contribution < 1.29 is 22.4 Å². The molecule has 1 aliphatic rings. The molecule has 4 rings (SSSR count). The number of hydrazone groups is 1. The lowest BCUT2D eigenvalue weighted by Crippen LogP contribution is -2.44. The summed E-state index contributed by atoms with van der Waals surface area (Å²) >= 11 is 0. The van der Waals surface area contributed by atoms with E-state index < -0.39 is 11.7 Å². The Balaban J connectivity index is 1.49. The quantitative estimate of drug-likeness (QED) is 0.187. The molecule has 1 heterocycles. The first-order chi connectivity index (χ1) is 21.5. The molecule has 3 aromatic carbocycles. The second-order valence-corrected chi connectivity index (χ2v) is 11.0. The molecule has 1 amide bonds. The van der Waals surface area contributed by atoms with Crippen molar-refractivity contribution in [1.82, 2.24) is 14.8 Å². The SMILES string of the molecule is C=C1N=C(CCc2cccc(F)c2)N(CC(=O)N(CCN(CC)CC)Cc2ccc(-c3ccc(C(F)(F)F)cc3)cc2)N=C1C. The summed E-state index contributed by atoms with van der Waals surface area (Å²) in [7, 11) is 0. The highest BCUT2D eigenvalue weighted by molar-refractivity contribution is 6.03. The van der Waals surface area contributed by atoms with Gasteiger partial charge in [0.25, 0.3) is 0 Å². The lowest BCUT2D eigenvalue weighted by atomic mass is 10.0. The van der Waals surface area contributed by atoms with Gasteiger partial charge >= 0.3 is 6.18 Å². The third-order valence-electron chi connectivity index (χ3n) is 7.87. The van der Waals surface area contributed by atoms with Gasteiger partial charge in [0.05, 0.1) is 17.0 Å². The van der Waals surface area contributed by atoms with E-state index in [4.69, 9.17) is 0 Å². The maximum Gasteiger partial charge on any atom is 0.416 e. The van der Waals surface area contributed by atoms with E-state index in [0.717, 1.165) is 41.9 Å². The van der Waals surface area contributed by atoms with Gasteiger partial charge in [-0.1, -0.05) is 69.0 Å². The van der Waals surface area contributed by atoms with E-state index in [1.807, 2.05) is 30.3 Å². The Hall–Kier alpha value is -4.31. The van der Waals surface area contributed by atoms with Crippen molar-refractivity contribution >= 4 is 17.5 Å². The molecule has 0 N–H and O–H groups in total. The Bertz CT molecular complexity index is 1530. The van der Waals surface area contributed by atoms with Crippen LogP contribution in [0.1, 0.15) is 43.9 Å². The fraction of sp³-hybridized carbons (Fsp3) is 0.343. The van der Waals surface area contributed by atoms with Gasteiger partial charge in [-0.3, -0.25) is 4.79 Å². The van der Waals surface area contributed by atoms with Gasteiger partial charge in [-0.2, -0.15) is 18.3 Å². The number of allylic oxidation sites excluding steroid dienone is 1. The molecule has 238 valence electrons. The number of halogens is 4. The summed E-state index contributed by atoms with van der Waals surface area (Å²) in [6.45, 7) is 13.2. The molecular formula is C35H39F4N5O. The van der Waals surface area contributed by atoms with Crippen molar-refractivity contribution in [2.45, 2.75) is 46.3 Å².